The molecule has 0 aliphatic rings. The zero-order valence-corrected chi connectivity index (χ0v) is 15.7. The van der Waals surface area contributed by atoms with Gasteiger partial charge in [0.15, 0.2) is 0 Å². The highest BCUT2D eigenvalue weighted by molar-refractivity contribution is 7.89. The first-order valence-electron chi connectivity index (χ1n) is 8.18. The lowest BCUT2D eigenvalue weighted by atomic mass is 10.2. The van der Waals surface area contributed by atoms with Gasteiger partial charge in [-0.05, 0) is 56.9 Å². The fourth-order valence-electron chi connectivity index (χ4n) is 2.88. The fraction of sp³-hybridized carbons (Fsp3) is 0.263. The fourth-order valence-corrected chi connectivity index (χ4v) is 4.15. The Hall–Kier alpha value is -2.22. The number of sulfonamides is 1. The predicted molar refractivity (Wildman–Crippen MR) is 99.0 cm³/mol. The van der Waals surface area contributed by atoms with Crippen LogP contribution in [0, 0.1) is 12.7 Å². The molecule has 0 aliphatic carbocycles. The Bertz CT molecular complexity index is 995. The molecule has 1 heterocycles. The zero-order chi connectivity index (χ0) is 18.9. The molecule has 0 fully saturated rings. The van der Waals surface area contributed by atoms with Gasteiger partial charge in [0.2, 0.25) is 10.0 Å². The molecule has 0 radical (unpaired) electrons. The molecule has 0 bridgehead atoms. The molecule has 1 aromatic heterocycles. The van der Waals surface area contributed by atoms with Crippen molar-refractivity contribution in [2.75, 3.05) is 20.6 Å². The molecule has 1 atom stereocenters. The second kappa shape index (κ2) is 7.19. The highest BCUT2D eigenvalue weighted by Crippen LogP contribution is 2.26. The van der Waals surface area contributed by atoms with Gasteiger partial charge in [-0.3, -0.25) is 4.90 Å². The maximum Gasteiger partial charge on any atom is 0.240 e. The van der Waals surface area contributed by atoms with Crippen LogP contribution < -0.4 is 4.72 Å². The van der Waals surface area contributed by atoms with Crippen molar-refractivity contribution < 1.29 is 17.2 Å². The first kappa shape index (κ1) is 18.6. The second-order valence-electron chi connectivity index (χ2n) is 6.43. The van der Waals surface area contributed by atoms with Crippen LogP contribution in [0.5, 0.6) is 0 Å². The molecule has 0 unspecified atom stereocenters. The number of hydrogen-bond acceptors (Lipinski definition) is 4. The van der Waals surface area contributed by atoms with Gasteiger partial charge in [-0.15, -0.1) is 0 Å². The summed E-state index contributed by atoms with van der Waals surface area (Å²) < 4.78 is 47.0. The minimum absolute atomic E-state index is 0.0704. The van der Waals surface area contributed by atoms with Gasteiger partial charge < -0.3 is 4.42 Å². The summed E-state index contributed by atoms with van der Waals surface area (Å²) in [5.74, 6) is 0.213. The number of benzene rings is 2. The van der Waals surface area contributed by atoms with Crippen LogP contribution in [-0.4, -0.2) is 34.0 Å². The van der Waals surface area contributed by atoms with Crippen molar-refractivity contribution in [2.24, 2.45) is 0 Å². The number of nitrogens with zero attached hydrogens (tertiary/aromatic N) is 1. The van der Waals surface area contributed by atoms with Crippen LogP contribution in [0.25, 0.3) is 11.0 Å². The van der Waals surface area contributed by atoms with E-state index in [-0.39, 0.29) is 17.5 Å². The molecular weight excluding hydrogens is 355 g/mol. The Labute approximate surface area is 152 Å². The van der Waals surface area contributed by atoms with Crippen molar-refractivity contribution in [2.45, 2.75) is 17.9 Å². The van der Waals surface area contributed by atoms with E-state index in [0.717, 1.165) is 17.0 Å². The third-order valence-electron chi connectivity index (χ3n) is 4.29. The second-order valence-corrected chi connectivity index (χ2v) is 8.16. The Kier molecular flexibility index (Phi) is 5.13. The molecule has 2 aromatic carbocycles. The Morgan fingerprint density at radius 3 is 2.54 bits per heavy atom. The van der Waals surface area contributed by atoms with Gasteiger partial charge in [-0.2, -0.15) is 0 Å². The molecule has 0 amide bonds. The van der Waals surface area contributed by atoms with Gasteiger partial charge in [0.25, 0.3) is 0 Å². The van der Waals surface area contributed by atoms with Crippen molar-refractivity contribution >= 4 is 21.0 Å². The van der Waals surface area contributed by atoms with E-state index in [0.29, 0.717) is 11.3 Å². The van der Waals surface area contributed by atoms with Gasteiger partial charge >= 0.3 is 0 Å². The summed E-state index contributed by atoms with van der Waals surface area (Å²) in [5, 5.41) is 0.964. The molecule has 1 N–H and O–H groups in total. The van der Waals surface area contributed by atoms with Crippen molar-refractivity contribution in [3.05, 3.63) is 65.7 Å². The number of hydrogen-bond donors (Lipinski definition) is 1. The van der Waals surface area contributed by atoms with Gasteiger partial charge in [0, 0.05) is 11.9 Å². The summed E-state index contributed by atoms with van der Waals surface area (Å²) in [6.07, 6.45) is 0. The minimum Gasteiger partial charge on any atom is -0.459 e. The standard InChI is InChI=1S/C19H21FN2O3S/c1-13-10-15(20)8-9-19(13)26(23,24)21-12-16(22(2)3)18-11-14-6-4-5-7-17(14)25-18/h4-11,16,21H,12H2,1-3H3/t16-/m1/s1. The lowest BCUT2D eigenvalue weighted by Gasteiger charge is -2.22. The summed E-state index contributed by atoms with van der Waals surface area (Å²) in [6, 6.07) is 12.9. The number of aryl methyl sites for hydroxylation is 1. The van der Waals surface area contributed by atoms with E-state index in [1.807, 2.05) is 49.3 Å². The molecule has 0 aliphatic heterocycles. The minimum atomic E-state index is -3.76. The lowest BCUT2D eigenvalue weighted by molar-refractivity contribution is 0.264. The van der Waals surface area contributed by atoms with Gasteiger partial charge in [0.05, 0.1) is 10.9 Å². The number of halogens is 1. The van der Waals surface area contributed by atoms with Crippen LogP contribution in [0.1, 0.15) is 17.4 Å². The average Bonchev–Trinajstić information content (AvgIpc) is 2.97. The summed E-state index contributed by atoms with van der Waals surface area (Å²) in [6.45, 7) is 1.70. The largest absolute Gasteiger partial charge is 0.459 e. The first-order chi connectivity index (χ1) is 12.3. The smallest absolute Gasteiger partial charge is 0.240 e. The van der Waals surface area contributed by atoms with Crippen molar-refractivity contribution in [3.8, 4) is 0 Å². The van der Waals surface area contributed by atoms with E-state index in [9.17, 15) is 12.8 Å². The monoisotopic (exact) mass is 376 g/mol. The summed E-state index contributed by atoms with van der Waals surface area (Å²) in [4.78, 5) is 1.96. The molecule has 0 saturated carbocycles. The predicted octanol–water partition coefficient (Wildman–Crippen LogP) is 3.46. The van der Waals surface area contributed by atoms with Crippen LogP contribution in [0.2, 0.25) is 0 Å². The topological polar surface area (TPSA) is 62.6 Å². The maximum absolute atomic E-state index is 13.2. The summed E-state index contributed by atoms with van der Waals surface area (Å²) >= 11 is 0. The quantitative estimate of drug-likeness (QED) is 0.716. The third-order valence-corrected chi connectivity index (χ3v) is 5.87. The molecule has 3 rings (SSSR count). The van der Waals surface area contributed by atoms with Crippen molar-refractivity contribution in [1.82, 2.24) is 9.62 Å². The molecule has 0 saturated heterocycles. The van der Waals surface area contributed by atoms with E-state index in [1.54, 1.807) is 6.92 Å². The van der Waals surface area contributed by atoms with Gasteiger partial charge in [-0.25, -0.2) is 17.5 Å². The van der Waals surface area contributed by atoms with Crippen LogP contribution in [0.15, 0.2) is 57.8 Å². The maximum atomic E-state index is 13.2. The number of nitrogens with one attached hydrogen (secondary N) is 1. The molecule has 5 nitrogen and oxygen atoms in total. The van der Waals surface area contributed by atoms with E-state index in [2.05, 4.69) is 4.72 Å². The third kappa shape index (κ3) is 3.80. The Morgan fingerprint density at radius 2 is 1.88 bits per heavy atom. The molecule has 0 spiro atoms. The molecule has 26 heavy (non-hydrogen) atoms. The number of rotatable bonds is 6. The van der Waals surface area contributed by atoms with Gasteiger partial charge in [0.1, 0.15) is 17.2 Å². The first-order valence-corrected chi connectivity index (χ1v) is 9.67. The molecule has 3 aromatic rings. The van der Waals surface area contributed by atoms with Crippen molar-refractivity contribution in [3.63, 3.8) is 0 Å². The Balaban J connectivity index is 1.84. The number of fused-ring (bicyclic) bond motifs is 1. The van der Waals surface area contributed by atoms with E-state index in [4.69, 9.17) is 4.42 Å². The SMILES string of the molecule is Cc1cc(F)ccc1S(=O)(=O)NC[C@H](c1cc2ccccc2o1)N(C)C. The van der Waals surface area contributed by atoms with Crippen LogP contribution in [-0.2, 0) is 10.0 Å². The highest BCUT2D eigenvalue weighted by Gasteiger charge is 2.23. The molecular formula is C19H21FN2O3S. The lowest BCUT2D eigenvalue weighted by Crippen LogP contribution is -2.34. The Morgan fingerprint density at radius 1 is 1.15 bits per heavy atom. The number of para-hydroxylation sites is 1. The normalized spacial score (nSPS) is 13.4. The van der Waals surface area contributed by atoms with Crippen molar-refractivity contribution in [1.29, 1.82) is 0 Å². The molecule has 138 valence electrons. The van der Waals surface area contributed by atoms with Gasteiger partial charge in [-0.1, -0.05) is 18.2 Å². The highest BCUT2D eigenvalue weighted by atomic mass is 32.2. The average molecular weight is 376 g/mol. The van der Waals surface area contributed by atoms with E-state index < -0.39 is 15.8 Å². The molecule has 7 heteroatoms. The number of likely N-dealkylation sites (N-methyl/N-ethyl adjacent to an activating group) is 1. The van der Waals surface area contributed by atoms with E-state index >= 15 is 0 Å². The summed E-state index contributed by atoms with van der Waals surface area (Å²) in [7, 11) is -0.0465. The van der Waals surface area contributed by atoms with E-state index in [1.165, 1.54) is 12.1 Å². The zero-order valence-electron chi connectivity index (χ0n) is 14.9. The van der Waals surface area contributed by atoms with Crippen LogP contribution in [0.3, 0.4) is 0 Å². The summed E-state index contributed by atoms with van der Waals surface area (Å²) in [5.41, 5.74) is 1.12. The van der Waals surface area contributed by atoms with Crippen LogP contribution >= 0.6 is 0 Å². The number of furan rings is 1. The van der Waals surface area contributed by atoms with Crippen LogP contribution in [0.4, 0.5) is 4.39 Å².